The number of carboxylic acid groups (broad SMARTS) is 1. The van der Waals surface area contributed by atoms with Crippen LogP contribution in [0.25, 0.3) is 10.9 Å². The molecule has 2 rings (SSSR count). The summed E-state index contributed by atoms with van der Waals surface area (Å²) in [5, 5.41) is 9.69. The van der Waals surface area contributed by atoms with E-state index in [-0.39, 0.29) is 6.42 Å². The van der Waals surface area contributed by atoms with E-state index >= 15 is 0 Å². The number of carboxylic acids is 1. The molecule has 1 heterocycles. The molecule has 0 radical (unpaired) electrons. The van der Waals surface area contributed by atoms with E-state index < -0.39 is 5.97 Å². The molecule has 3 nitrogen and oxygen atoms in total. The van der Waals surface area contributed by atoms with E-state index in [1.807, 2.05) is 24.3 Å². The SMILES string of the molecule is O=C(O)CCc1cccc2cc(Br)cnc12. The Kier molecular flexibility index (Phi) is 3.19. The molecule has 1 aromatic heterocycles. The van der Waals surface area contributed by atoms with Crippen LogP contribution in [0.3, 0.4) is 0 Å². The first kappa shape index (κ1) is 11.1. The van der Waals surface area contributed by atoms with E-state index in [4.69, 9.17) is 5.11 Å². The number of hydrogen-bond donors (Lipinski definition) is 1. The second-order valence-corrected chi connectivity index (χ2v) is 4.45. The fraction of sp³-hybridized carbons (Fsp3) is 0.167. The number of halogens is 1. The predicted molar refractivity (Wildman–Crippen MR) is 65.4 cm³/mol. The van der Waals surface area contributed by atoms with Crippen molar-refractivity contribution < 1.29 is 9.90 Å². The highest BCUT2D eigenvalue weighted by molar-refractivity contribution is 9.10. The Bertz CT molecular complexity index is 540. The summed E-state index contributed by atoms with van der Waals surface area (Å²) in [6.45, 7) is 0. The molecule has 1 aromatic carbocycles. The molecule has 82 valence electrons. The highest BCUT2D eigenvalue weighted by Gasteiger charge is 2.05. The van der Waals surface area contributed by atoms with Gasteiger partial charge >= 0.3 is 5.97 Å². The summed E-state index contributed by atoms with van der Waals surface area (Å²) >= 11 is 3.36. The number of nitrogens with zero attached hydrogens (tertiary/aromatic N) is 1. The molecule has 0 saturated heterocycles. The minimum atomic E-state index is -0.783. The Morgan fingerprint density at radius 1 is 1.44 bits per heavy atom. The second kappa shape index (κ2) is 4.61. The minimum Gasteiger partial charge on any atom is -0.481 e. The molecule has 0 unspecified atom stereocenters. The van der Waals surface area contributed by atoms with Gasteiger partial charge in [0.05, 0.1) is 5.52 Å². The smallest absolute Gasteiger partial charge is 0.303 e. The number of rotatable bonds is 3. The zero-order valence-electron chi connectivity index (χ0n) is 8.48. The van der Waals surface area contributed by atoms with E-state index in [0.717, 1.165) is 20.9 Å². The van der Waals surface area contributed by atoms with Crippen LogP contribution < -0.4 is 0 Å². The highest BCUT2D eigenvalue weighted by Crippen LogP contribution is 2.21. The number of aromatic nitrogens is 1. The lowest BCUT2D eigenvalue weighted by molar-refractivity contribution is -0.136. The Labute approximate surface area is 101 Å². The third-order valence-electron chi connectivity index (χ3n) is 2.37. The lowest BCUT2D eigenvalue weighted by Gasteiger charge is -2.04. The first-order valence-electron chi connectivity index (χ1n) is 4.92. The molecule has 0 aliphatic heterocycles. The van der Waals surface area contributed by atoms with Crippen molar-refractivity contribution in [3.8, 4) is 0 Å². The van der Waals surface area contributed by atoms with Gasteiger partial charge in [-0.25, -0.2) is 0 Å². The topological polar surface area (TPSA) is 50.2 Å². The number of aliphatic carboxylic acids is 1. The second-order valence-electron chi connectivity index (χ2n) is 3.54. The highest BCUT2D eigenvalue weighted by atomic mass is 79.9. The Morgan fingerprint density at radius 2 is 2.25 bits per heavy atom. The number of aryl methyl sites for hydroxylation is 1. The molecule has 0 spiro atoms. The van der Waals surface area contributed by atoms with Crippen molar-refractivity contribution in [2.24, 2.45) is 0 Å². The van der Waals surface area contributed by atoms with Crippen molar-refractivity contribution in [3.05, 3.63) is 40.5 Å². The van der Waals surface area contributed by atoms with E-state index in [1.165, 1.54) is 0 Å². The van der Waals surface area contributed by atoms with Crippen LogP contribution in [-0.4, -0.2) is 16.1 Å². The summed E-state index contributed by atoms with van der Waals surface area (Å²) in [6.07, 6.45) is 2.38. The summed E-state index contributed by atoms with van der Waals surface area (Å²) in [7, 11) is 0. The van der Waals surface area contributed by atoms with E-state index in [1.54, 1.807) is 6.20 Å². The van der Waals surface area contributed by atoms with Gasteiger partial charge in [0.15, 0.2) is 0 Å². The summed E-state index contributed by atoms with van der Waals surface area (Å²) in [5.41, 5.74) is 1.86. The molecule has 4 heteroatoms. The number of benzene rings is 1. The molecular weight excluding hydrogens is 270 g/mol. The van der Waals surface area contributed by atoms with Crippen LogP contribution in [-0.2, 0) is 11.2 Å². The number of fused-ring (bicyclic) bond motifs is 1. The van der Waals surface area contributed by atoms with Gasteiger partial charge in [-0.2, -0.15) is 0 Å². The van der Waals surface area contributed by atoms with Gasteiger partial charge in [0.25, 0.3) is 0 Å². The maximum absolute atomic E-state index is 10.5. The molecular formula is C12H10BrNO2. The normalized spacial score (nSPS) is 10.6. The number of pyridine rings is 1. The maximum atomic E-state index is 10.5. The van der Waals surface area contributed by atoms with Gasteiger partial charge in [0.2, 0.25) is 0 Å². The van der Waals surface area contributed by atoms with Crippen LogP contribution in [0.2, 0.25) is 0 Å². The molecule has 1 N–H and O–H groups in total. The fourth-order valence-corrected chi connectivity index (χ4v) is 1.99. The van der Waals surface area contributed by atoms with Crippen molar-refractivity contribution in [1.82, 2.24) is 4.98 Å². The van der Waals surface area contributed by atoms with Crippen molar-refractivity contribution in [1.29, 1.82) is 0 Å². The lowest BCUT2D eigenvalue weighted by atomic mass is 10.1. The first-order valence-corrected chi connectivity index (χ1v) is 5.71. The zero-order valence-corrected chi connectivity index (χ0v) is 10.1. The maximum Gasteiger partial charge on any atom is 0.303 e. The van der Waals surface area contributed by atoms with E-state index in [9.17, 15) is 4.79 Å². The number of carbonyl (C=O) groups is 1. The third kappa shape index (κ3) is 2.39. The van der Waals surface area contributed by atoms with Gasteiger partial charge in [-0.1, -0.05) is 18.2 Å². The Morgan fingerprint density at radius 3 is 3.00 bits per heavy atom. The Balaban J connectivity index is 2.41. The predicted octanol–water partition coefficient (Wildman–Crippen LogP) is 3.01. The average molecular weight is 280 g/mol. The summed E-state index contributed by atoms with van der Waals surface area (Å²) in [6, 6.07) is 7.80. The number of para-hydroxylation sites is 1. The van der Waals surface area contributed by atoms with Gasteiger partial charge in [-0.15, -0.1) is 0 Å². The van der Waals surface area contributed by atoms with Gasteiger partial charge in [0, 0.05) is 22.5 Å². The molecule has 0 fully saturated rings. The number of hydrogen-bond acceptors (Lipinski definition) is 2. The quantitative estimate of drug-likeness (QED) is 0.940. The molecule has 0 bridgehead atoms. The zero-order chi connectivity index (χ0) is 11.5. The van der Waals surface area contributed by atoms with Crippen LogP contribution in [0, 0.1) is 0 Å². The van der Waals surface area contributed by atoms with Crippen molar-refractivity contribution in [2.45, 2.75) is 12.8 Å². The van der Waals surface area contributed by atoms with Crippen molar-refractivity contribution in [2.75, 3.05) is 0 Å². The van der Waals surface area contributed by atoms with Crippen LogP contribution in [0.5, 0.6) is 0 Å². The van der Waals surface area contributed by atoms with Gasteiger partial charge in [-0.05, 0) is 34.0 Å². The monoisotopic (exact) mass is 279 g/mol. The van der Waals surface area contributed by atoms with Crippen molar-refractivity contribution in [3.63, 3.8) is 0 Å². The van der Waals surface area contributed by atoms with Crippen LogP contribution in [0.15, 0.2) is 34.9 Å². The van der Waals surface area contributed by atoms with E-state index in [0.29, 0.717) is 6.42 Å². The van der Waals surface area contributed by atoms with Crippen molar-refractivity contribution >= 4 is 32.8 Å². The minimum absolute atomic E-state index is 0.136. The van der Waals surface area contributed by atoms with Gasteiger partial charge in [0.1, 0.15) is 0 Å². The lowest BCUT2D eigenvalue weighted by Crippen LogP contribution is -1.98. The largest absolute Gasteiger partial charge is 0.481 e. The average Bonchev–Trinajstić information content (AvgIpc) is 2.25. The standard InChI is InChI=1S/C12H10BrNO2/c13-10-6-9-3-1-2-8(4-5-11(15)16)12(9)14-7-10/h1-3,6-7H,4-5H2,(H,15,16). The first-order chi connectivity index (χ1) is 7.66. The van der Waals surface area contributed by atoms with Crippen LogP contribution in [0.1, 0.15) is 12.0 Å². The molecule has 0 aliphatic rings. The fourth-order valence-electron chi connectivity index (χ4n) is 1.64. The van der Waals surface area contributed by atoms with Crippen LogP contribution in [0.4, 0.5) is 0 Å². The van der Waals surface area contributed by atoms with Crippen LogP contribution >= 0.6 is 15.9 Å². The van der Waals surface area contributed by atoms with Gasteiger partial charge in [-0.3, -0.25) is 9.78 Å². The molecule has 0 amide bonds. The summed E-state index contributed by atoms with van der Waals surface area (Å²) in [5.74, 6) is -0.783. The molecule has 2 aromatic rings. The molecule has 0 saturated carbocycles. The Hall–Kier alpha value is -1.42. The van der Waals surface area contributed by atoms with Gasteiger partial charge < -0.3 is 5.11 Å². The molecule has 0 aliphatic carbocycles. The molecule has 0 atom stereocenters. The molecule has 16 heavy (non-hydrogen) atoms. The summed E-state index contributed by atoms with van der Waals surface area (Å²) in [4.78, 5) is 14.9. The summed E-state index contributed by atoms with van der Waals surface area (Å²) < 4.78 is 0.926. The third-order valence-corrected chi connectivity index (χ3v) is 2.80. The van der Waals surface area contributed by atoms with E-state index in [2.05, 4.69) is 20.9 Å².